The van der Waals surface area contributed by atoms with Gasteiger partial charge in [0.2, 0.25) is 0 Å². The van der Waals surface area contributed by atoms with Crippen molar-refractivity contribution in [3.05, 3.63) is 63.2 Å². The molecule has 8 nitrogen and oxygen atoms in total. The highest BCUT2D eigenvalue weighted by atomic mass is 35.5. The number of hydrogen-bond acceptors (Lipinski definition) is 6. The molecule has 0 bridgehead atoms. The van der Waals surface area contributed by atoms with Crippen molar-refractivity contribution in [3.8, 4) is 0 Å². The van der Waals surface area contributed by atoms with Crippen LogP contribution in [0.3, 0.4) is 0 Å². The Balaban J connectivity index is 1.95. The van der Waals surface area contributed by atoms with E-state index in [4.69, 9.17) is 22.1 Å². The Morgan fingerprint density at radius 2 is 1.88 bits per heavy atom. The van der Waals surface area contributed by atoms with Crippen molar-refractivity contribution in [3.63, 3.8) is 0 Å². The maximum Gasteiger partial charge on any atom is 0.338 e. The molecular weight excluding hydrogens is 338 g/mol. The number of amides is 1. The molecule has 2 aromatic carbocycles. The minimum atomic E-state index is -0.871. The van der Waals surface area contributed by atoms with Gasteiger partial charge < -0.3 is 15.8 Å². The van der Waals surface area contributed by atoms with E-state index in [-0.39, 0.29) is 11.3 Å². The van der Waals surface area contributed by atoms with Gasteiger partial charge >= 0.3 is 5.97 Å². The second-order valence-corrected chi connectivity index (χ2v) is 5.10. The largest absolute Gasteiger partial charge is 0.452 e. The van der Waals surface area contributed by atoms with Crippen molar-refractivity contribution in [1.29, 1.82) is 0 Å². The summed E-state index contributed by atoms with van der Waals surface area (Å²) < 4.78 is 4.82. The fourth-order valence-corrected chi connectivity index (χ4v) is 1.90. The summed E-state index contributed by atoms with van der Waals surface area (Å²) >= 11 is 5.73. The van der Waals surface area contributed by atoms with Crippen molar-refractivity contribution in [2.24, 2.45) is 0 Å². The fraction of sp³-hybridized carbons (Fsp3) is 0.0667. The molecule has 0 saturated carbocycles. The first-order valence-electron chi connectivity index (χ1n) is 6.63. The average molecular weight is 350 g/mol. The van der Waals surface area contributed by atoms with Crippen LogP contribution in [0.1, 0.15) is 10.4 Å². The Morgan fingerprint density at radius 3 is 2.50 bits per heavy atom. The van der Waals surface area contributed by atoms with Gasteiger partial charge in [-0.25, -0.2) is 4.79 Å². The van der Waals surface area contributed by atoms with Crippen LogP contribution >= 0.6 is 11.6 Å². The highest BCUT2D eigenvalue weighted by Crippen LogP contribution is 2.22. The summed E-state index contributed by atoms with van der Waals surface area (Å²) in [5.41, 5.74) is 5.38. The van der Waals surface area contributed by atoms with E-state index in [2.05, 4.69) is 5.32 Å². The van der Waals surface area contributed by atoms with Gasteiger partial charge in [0.15, 0.2) is 6.61 Å². The van der Waals surface area contributed by atoms with Crippen LogP contribution in [-0.4, -0.2) is 23.4 Å². The Morgan fingerprint density at radius 1 is 1.21 bits per heavy atom. The first kappa shape index (κ1) is 17.2. The third-order valence-electron chi connectivity index (χ3n) is 2.93. The molecule has 0 spiro atoms. The number of nitro benzene ring substituents is 1. The van der Waals surface area contributed by atoms with Crippen LogP contribution in [0.5, 0.6) is 0 Å². The topological polar surface area (TPSA) is 125 Å². The van der Waals surface area contributed by atoms with Gasteiger partial charge in [0.25, 0.3) is 11.6 Å². The minimum Gasteiger partial charge on any atom is -0.452 e. The molecule has 124 valence electrons. The van der Waals surface area contributed by atoms with Gasteiger partial charge in [0.05, 0.1) is 10.5 Å². The minimum absolute atomic E-state index is 0.0722. The molecule has 0 radical (unpaired) electrons. The second-order valence-electron chi connectivity index (χ2n) is 4.66. The molecule has 0 heterocycles. The summed E-state index contributed by atoms with van der Waals surface area (Å²) in [7, 11) is 0. The fourth-order valence-electron chi connectivity index (χ4n) is 1.77. The summed E-state index contributed by atoms with van der Waals surface area (Å²) in [6.07, 6.45) is 0. The Labute approximate surface area is 141 Å². The average Bonchev–Trinajstić information content (AvgIpc) is 2.55. The normalized spacial score (nSPS) is 10.0. The highest BCUT2D eigenvalue weighted by molar-refractivity contribution is 6.30. The van der Waals surface area contributed by atoms with E-state index in [0.29, 0.717) is 10.7 Å². The van der Waals surface area contributed by atoms with E-state index in [9.17, 15) is 19.7 Å². The van der Waals surface area contributed by atoms with Crippen molar-refractivity contribution >= 4 is 40.5 Å². The molecule has 1 amide bonds. The number of nitrogens with one attached hydrogen (secondary N) is 1. The number of carbonyl (C=O) groups is 2. The number of carbonyl (C=O) groups excluding carboxylic acids is 2. The lowest BCUT2D eigenvalue weighted by atomic mass is 10.2. The van der Waals surface area contributed by atoms with E-state index < -0.39 is 29.1 Å². The van der Waals surface area contributed by atoms with Gasteiger partial charge in [0.1, 0.15) is 5.69 Å². The SMILES string of the molecule is Nc1ccc(C(=O)OCC(=O)Nc2ccc(Cl)cc2)cc1[N+](=O)[O-]. The van der Waals surface area contributed by atoms with E-state index in [1.807, 2.05) is 0 Å². The molecule has 0 fully saturated rings. The van der Waals surface area contributed by atoms with Crippen LogP contribution in [-0.2, 0) is 9.53 Å². The number of nitrogens with two attached hydrogens (primary N) is 1. The smallest absolute Gasteiger partial charge is 0.338 e. The molecule has 0 aliphatic rings. The standard InChI is InChI=1S/C15H12ClN3O5/c16-10-2-4-11(5-3-10)18-14(20)8-24-15(21)9-1-6-12(17)13(7-9)19(22)23/h1-7H,8,17H2,(H,18,20). The maximum atomic E-state index is 11.8. The summed E-state index contributed by atoms with van der Waals surface area (Å²) in [5.74, 6) is -1.43. The number of anilines is 2. The van der Waals surface area contributed by atoms with Gasteiger partial charge in [0, 0.05) is 16.8 Å². The summed E-state index contributed by atoms with van der Waals surface area (Å²) in [6, 6.07) is 9.86. The molecule has 0 aliphatic heterocycles. The first-order chi connectivity index (χ1) is 11.4. The molecule has 2 aromatic rings. The van der Waals surface area contributed by atoms with Crippen LogP contribution < -0.4 is 11.1 Å². The van der Waals surface area contributed by atoms with Crippen LogP contribution in [0.25, 0.3) is 0 Å². The van der Waals surface area contributed by atoms with Crippen molar-refractivity contribution < 1.29 is 19.2 Å². The summed E-state index contributed by atoms with van der Waals surface area (Å²) in [5, 5.41) is 13.8. The van der Waals surface area contributed by atoms with Gasteiger partial charge in [-0.2, -0.15) is 0 Å². The lowest BCUT2D eigenvalue weighted by molar-refractivity contribution is -0.383. The van der Waals surface area contributed by atoms with Crippen LogP contribution in [0.2, 0.25) is 5.02 Å². The predicted octanol–water partition coefficient (Wildman–Crippen LogP) is 2.63. The Bertz CT molecular complexity index is 792. The zero-order valence-corrected chi connectivity index (χ0v) is 12.9. The maximum absolute atomic E-state index is 11.8. The molecule has 0 unspecified atom stereocenters. The first-order valence-corrected chi connectivity index (χ1v) is 7.01. The zero-order valence-electron chi connectivity index (χ0n) is 12.2. The number of rotatable bonds is 5. The van der Waals surface area contributed by atoms with Crippen molar-refractivity contribution in [2.45, 2.75) is 0 Å². The number of esters is 1. The Kier molecular flexibility index (Phi) is 5.33. The zero-order chi connectivity index (χ0) is 17.7. The van der Waals surface area contributed by atoms with Crippen molar-refractivity contribution in [1.82, 2.24) is 0 Å². The molecule has 9 heteroatoms. The third-order valence-corrected chi connectivity index (χ3v) is 3.18. The van der Waals surface area contributed by atoms with Crippen LogP contribution in [0.4, 0.5) is 17.1 Å². The number of halogens is 1. The lowest BCUT2D eigenvalue weighted by Gasteiger charge is -2.07. The second kappa shape index (κ2) is 7.42. The molecule has 0 saturated heterocycles. The number of ether oxygens (including phenoxy) is 1. The van der Waals surface area contributed by atoms with E-state index in [1.54, 1.807) is 24.3 Å². The molecule has 0 aromatic heterocycles. The van der Waals surface area contributed by atoms with E-state index in [0.717, 1.165) is 6.07 Å². The van der Waals surface area contributed by atoms with E-state index >= 15 is 0 Å². The van der Waals surface area contributed by atoms with Gasteiger partial charge in [-0.1, -0.05) is 11.6 Å². The van der Waals surface area contributed by atoms with Gasteiger partial charge in [-0.15, -0.1) is 0 Å². The quantitative estimate of drug-likeness (QED) is 0.370. The molecule has 24 heavy (non-hydrogen) atoms. The molecule has 0 aliphatic carbocycles. The number of nitro groups is 1. The number of benzene rings is 2. The molecule has 2 rings (SSSR count). The summed E-state index contributed by atoms with van der Waals surface area (Å²) in [4.78, 5) is 33.6. The number of nitrogens with zero attached hydrogens (tertiary/aromatic N) is 1. The van der Waals surface area contributed by atoms with Crippen LogP contribution in [0, 0.1) is 10.1 Å². The molecule has 3 N–H and O–H groups in total. The number of nitrogen functional groups attached to an aromatic ring is 1. The van der Waals surface area contributed by atoms with Crippen LogP contribution in [0.15, 0.2) is 42.5 Å². The van der Waals surface area contributed by atoms with E-state index in [1.165, 1.54) is 12.1 Å². The highest BCUT2D eigenvalue weighted by Gasteiger charge is 2.17. The third kappa shape index (κ3) is 4.43. The monoisotopic (exact) mass is 349 g/mol. The Hall–Kier alpha value is -3.13. The molecular formula is C15H12ClN3O5. The van der Waals surface area contributed by atoms with Gasteiger partial charge in [-0.05, 0) is 36.4 Å². The number of hydrogen-bond donors (Lipinski definition) is 2. The predicted molar refractivity (Wildman–Crippen MR) is 87.9 cm³/mol. The summed E-state index contributed by atoms with van der Waals surface area (Å²) in [6.45, 7) is -0.542. The molecule has 0 atom stereocenters. The van der Waals surface area contributed by atoms with Crippen molar-refractivity contribution in [2.75, 3.05) is 17.7 Å². The lowest BCUT2D eigenvalue weighted by Crippen LogP contribution is -2.21. The van der Waals surface area contributed by atoms with Gasteiger partial charge in [-0.3, -0.25) is 14.9 Å².